The molecule has 2 aliphatic rings. The summed E-state index contributed by atoms with van der Waals surface area (Å²) in [6.45, 7) is 2.80. The number of nitrogens with zero attached hydrogens (tertiary/aromatic N) is 1. The van der Waals surface area contributed by atoms with E-state index in [1.54, 1.807) is 12.1 Å². The van der Waals surface area contributed by atoms with Crippen LogP contribution in [0.15, 0.2) is 59.5 Å². The summed E-state index contributed by atoms with van der Waals surface area (Å²) in [4.78, 5) is 26.1. The smallest absolute Gasteiger partial charge is 0.317 e. The number of carbonyl (C=O) groups is 2. The van der Waals surface area contributed by atoms with Gasteiger partial charge in [0.15, 0.2) is 6.10 Å². The van der Waals surface area contributed by atoms with Gasteiger partial charge in [-0.2, -0.15) is 4.31 Å². The molecule has 1 aliphatic carbocycles. The van der Waals surface area contributed by atoms with Gasteiger partial charge in [-0.1, -0.05) is 49.2 Å². The van der Waals surface area contributed by atoms with Crippen LogP contribution in [0.25, 0.3) is 0 Å². The van der Waals surface area contributed by atoms with Gasteiger partial charge >= 0.3 is 5.97 Å². The van der Waals surface area contributed by atoms with E-state index in [1.165, 1.54) is 23.4 Å². The van der Waals surface area contributed by atoms with Gasteiger partial charge in [-0.15, -0.1) is 0 Å². The molecule has 2 aromatic rings. The molecule has 0 aromatic heterocycles. The third-order valence-corrected chi connectivity index (χ3v) is 8.43. The minimum absolute atomic E-state index is 0.0887. The molecular formula is C25H30N2O6S. The van der Waals surface area contributed by atoms with Gasteiger partial charge < -0.3 is 14.8 Å². The summed E-state index contributed by atoms with van der Waals surface area (Å²) in [6, 6.07) is 15.6. The van der Waals surface area contributed by atoms with E-state index >= 15 is 0 Å². The number of amides is 1. The Bertz CT molecular complexity index is 1120. The van der Waals surface area contributed by atoms with E-state index in [9.17, 15) is 18.0 Å². The van der Waals surface area contributed by atoms with Crippen LogP contribution in [0, 0.1) is 0 Å². The van der Waals surface area contributed by atoms with E-state index in [0.29, 0.717) is 31.7 Å². The summed E-state index contributed by atoms with van der Waals surface area (Å²) in [7, 11) is -3.69. The number of carbonyl (C=O) groups excluding carboxylic acids is 2. The van der Waals surface area contributed by atoms with Crippen molar-refractivity contribution in [2.75, 3.05) is 31.6 Å². The lowest BCUT2D eigenvalue weighted by atomic mass is 9.79. The first kappa shape index (κ1) is 24.4. The summed E-state index contributed by atoms with van der Waals surface area (Å²) in [6.07, 6.45) is 2.19. The van der Waals surface area contributed by atoms with Crippen molar-refractivity contribution in [2.24, 2.45) is 0 Å². The molecule has 2 fully saturated rings. The Morgan fingerprint density at radius 1 is 1.03 bits per heavy atom. The van der Waals surface area contributed by atoms with Crippen LogP contribution in [-0.2, 0) is 34.5 Å². The van der Waals surface area contributed by atoms with Crippen LogP contribution in [0.2, 0.25) is 0 Å². The third-order valence-electron chi connectivity index (χ3n) is 6.54. The number of anilines is 1. The molecule has 1 heterocycles. The number of hydrogen-bond acceptors (Lipinski definition) is 6. The first-order valence-corrected chi connectivity index (χ1v) is 13.0. The maximum Gasteiger partial charge on any atom is 0.317 e. The molecule has 0 spiro atoms. The van der Waals surface area contributed by atoms with Crippen LogP contribution < -0.4 is 5.32 Å². The number of morpholine rings is 1. The highest BCUT2D eigenvalue weighted by molar-refractivity contribution is 7.89. The van der Waals surface area contributed by atoms with Gasteiger partial charge in [-0.25, -0.2) is 8.42 Å². The Morgan fingerprint density at radius 3 is 2.38 bits per heavy atom. The average molecular weight is 487 g/mol. The van der Waals surface area contributed by atoms with Crippen molar-refractivity contribution in [1.82, 2.24) is 4.31 Å². The Balaban J connectivity index is 1.44. The first-order chi connectivity index (χ1) is 16.3. The highest BCUT2D eigenvalue weighted by Crippen LogP contribution is 2.42. The van der Waals surface area contributed by atoms with E-state index in [2.05, 4.69) is 5.32 Å². The fraction of sp³-hybridized carbons (Fsp3) is 0.440. The maximum atomic E-state index is 13.2. The van der Waals surface area contributed by atoms with Crippen molar-refractivity contribution in [1.29, 1.82) is 0 Å². The first-order valence-electron chi connectivity index (χ1n) is 11.6. The van der Waals surface area contributed by atoms with Crippen molar-refractivity contribution in [3.05, 3.63) is 60.2 Å². The second kappa shape index (κ2) is 10.2. The lowest BCUT2D eigenvalue weighted by molar-refractivity contribution is -0.159. The fourth-order valence-corrected chi connectivity index (χ4v) is 6.04. The summed E-state index contributed by atoms with van der Waals surface area (Å²) < 4.78 is 38.0. The van der Waals surface area contributed by atoms with Crippen LogP contribution in [0.3, 0.4) is 0 Å². The summed E-state index contributed by atoms with van der Waals surface area (Å²) in [5, 5.41) is 2.68. The van der Waals surface area contributed by atoms with Gasteiger partial charge in [0.25, 0.3) is 5.91 Å². The number of rotatable bonds is 7. The predicted octanol–water partition coefficient (Wildman–Crippen LogP) is 3.09. The van der Waals surface area contributed by atoms with Crippen molar-refractivity contribution in [2.45, 2.75) is 49.0 Å². The molecule has 1 amide bonds. The molecule has 34 heavy (non-hydrogen) atoms. The maximum absolute atomic E-state index is 13.2. The molecule has 1 aliphatic heterocycles. The monoisotopic (exact) mass is 486 g/mol. The van der Waals surface area contributed by atoms with Crippen LogP contribution >= 0.6 is 0 Å². The second-order valence-corrected chi connectivity index (χ2v) is 10.7. The van der Waals surface area contributed by atoms with Crippen molar-refractivity contribution in [3.63, 3.8) is 0 Å². The molecule has 1 unspecified atom stereocenters. The molecule has 1 saturated carbocycles. The molecule has 1 atom stereocenters. The number of hydrogen-bond donors (Lipinski definition) is 1. The Morgan fingerprint density at radius 2 is 1.71 bits per heavy atom. The SMILES string of the molecule is CC(OC(=O)C1(c2ccccc2)CCCC1)C(=O)Nc1cccc(S(=O)(=O)N2CCOCC2)c1. The molecule has 4 rings (SSSR count). The molecule has 1 N–H and O–H groups in total. The Hall–Kier alpha value is -2.75. The average Bonchev–Trinajstić information content (AvgIpc) is 3.37. The topological polar surface area (TPSA) is 102 Å². The number of sulfonamides is 1. The van der Waals surface area contributed by atoms with E-state index in [4.69, 9.17) is 9.47 Å². The fourth-order valence-electron chi connectivity index (χ4n) is 4.59. The summed E-state index contributed by atoms with van der Waals surface area (Å²) in [5.41, 5.74) is 0.495. The third kappa shape index (κ3) is 5.01. The van der Waals surface area contributed by atoms with E-state index in [-0.39, 0.29) is 18.0 Å². The summed E-state index contributed by atoms with van der Waals surface area (Å²) in [5.74, 6) is -0.919. The normalized spacial score (nSPS) is 19.3. The van der Waals surface area contributed by atoms with Crippen LogP contribution in [0.4, 0.5) is 5.69 Å². The molecule has 0 radical (unpaired) electrons. The zero-order valence-electron chi connectivity index (χ0n) is 19.2. The molecule has 1 saturated heterocycles. The largest absolute Gasteiger partial charge is 0.452 e. The predicted molar refractivity (Wildman–Crippen MR) is 127 cm³/mol. The molecule has 8 nitrogen and oxygen atoms in total. The van der Waals surface area contributed by atoms with Crippen LogP contribution in [0.5, 0.6) is 0 Å². The summed E-state index contributed by atoms with van der Waals surface area (Å²) >= 11 is 0. The standard InChI is InChI=1S/C25H30N2O6S/c1-19(33-24(29)25(12-5-6-13-25)20-8-3-2-4-9-20)23(28)26-21-10-7-11-22(18-21)34(30,31)27-14-16-32-17-15-27/h2-4,7-11,18-19H,5-6,12-17H2,1H3,(H,26,28). The molecule has 9 heteroatoms. The van der Waals surface area contributed by atoms with Crippen molar-refractivity contribution >= 4 is 27.6 Å². The van der Waals surface area contributed by atoms with Gasteiger partial charge in [0.1, 0.15) is 0 Å². The highest BCUT2D eigenvalue weighted by atomic mass is 32.2. The molecule has 2 aromatic carbocycles. The zero-order valence-corrected chi connectivity index (χ0v) is 20.1. The van der Waals surface area contributed by atoms with E-state index in [1.807, 2.05) is 30.3 Å². The lowest BCUT2D eigenvalue weighted by Crippen LogP contribution is -2.40. The zero-order chi connectivity index (χ0) is 24.2. The Labute approximate surface area is 200 Å². The van der Waals surface area contributed by atoms with Gasteiger partial charge in [-0.05, 0) is 43.5 Å². The number of ether oxygens (including phenoxy) is 2. The van der Waals surface area contributed by atoms with E-state index < -0.39 is 33.4 Å². The van der Waals surface area contributed by atoms with Gasteiger partial charge in [0, 0.05) is 18.8 Å². The number of benzene rings is 2. The highest BCUT2D eigenvalue weighted by Gasteiger charge is 2.45. The second-order valence-electron chi connectivity index (χ2n) is 8.74. The van der Waals surface area contributed by atoms with Gasteiger partial charge in [0.05, 0.1) is 23.5 Å². The molecule has 0 bridgehead atoms. The van der Waals surface area contributed by atoms with Crippen LogP contribution in [0.1, 0.15) is 38.2 Å². The van der Waals surface area contributed by atoms with E-state index in [0.717, 1.165) is 18.4 Å². The minimum atomic E-state index is -3.69. The van der Waals surface area contributed by atoms with Gasteiger partial charge in [0.2, 0.25) is 10.0 Å². The molecule has 182 valence electrons. The van der Waals surface area contributed by atoms with Gasteiger partial charge in [-0.3, -0.25) is 9.59 Å². The Kier molecular flexibility index (Phi) is 7.35. The van der Waals surface area contributed by atoms with Crippen molar-refractivity contribution in [3.8, 4) is 0 Å². The number of nitrogens with one attached hydrogen (secondary N) is 1. The lowest BCUT2D eigenvalue weighted by Gasteiger charge is -2.28. The quantitative estimate of drug-likeness (QED) is 0.604. The number of esters is 1. The van der Waals surface area contributed by atoms with Crippen LogP contribution in [-0.4, -0.2) is 57.0 Å². The van der Waals surface area contributed by atoms with Crippen molar-refractivity contribution < 1.29 is 27.5 Å². The minimum Gasteiger partial charge on any atom is -0.452 e. The molecular weight excluding hydrogens is 456 g/mol.